The summed E-state index contributed by atoms with van der Waals surface area (Å²) in [6.45, 7) is 2.54. The van der Waals surface area contributed by atoms with Crippen molar-refractivity contribution in [1.82, 2.24) is 20.4 Å². The Bertz CT molecular complexity index is 660. The standard InChI is InChI=1S/C17H20N4O/c22-17(19-11-14-6-8-18-9-7-14)10-15-12-20-21(13-15)16-4-2-1-3-5-16/h1-6,12-13,18H,7-11H2,(H,19,22). The summed E-state index contributed by atoms with van der Waals surface area (Å²) in [4.78, 5) is 12.0. The van der Waals surface area contributed by atoms with Gasteiger partial charge in [0.15, 0.2) is 0 Å². The molecule has 1 aromatic carbocycles. The molecule has 2 heterocycles. The minimum absolute atomic E-state index is 0.0343. The van der Waals surface area contributed by atoms with Crippen LogP contribution in [-0.2, 0) is 11.2 Å². The summed E-state index contributed by atoms with van der Waals surface area (Å²) in [5.41, 5.74) is 3.21. The first-order chi connectivity index (χ1) is 10.8. The fourth-order valence-electron chi connectivity index (χ4n) is 2.46. The van der Waals surface area contributed by atoms with E-state index in [-0.39, 0.29) is 5.91 Å². The maximum Gasteiger partial charge on any atom is 0.224 e. The van der Waals surface area contributed by atoms with E-state index >= 15 is 0 Å². The zero-order valence-corrected chi connectivity index (χ0v) is 12.5. The number of nitrogens with one attached hydrogen (secondary N) is 2. The molecule has 0 unspecified atom stereocenters. The van der Waals surface area contributed by atoms with E-state index in [1.54, 1.807) is 10.9 Å². The van der Waals surface area contributed by atoms with Gasteiger partial charge in [-0.2, -0.15) is 5.10 Å². The average molecular weight is 296 g/mol. The molecule has 0 saturated carbocycles. The first-order valence-corrected chi connectivity index (χ1v) is 7.55. The maximum absolute atomic E-state index is 12.0. The molecule has 5 heteroatoms. The summed E-state index contributed by atoms with van der Waals surface area (Å²) in [5.74, 6) is 0.0343. The van der Waals surface area contributed by atoms with E-state index in [9.17, 15) is 4.79 Å². The van der Waals surface area contributed by atoms with Crippen LogP contribution in [0.15, 0.2) is 54.4 Å². The van der Waals surface area contributed by atoms with Gasteiger partial charge >= 0.3 is 0 Å². The van der Waals surface area contributed by atoms with E-state index in [1.165, 1.54) is 5.57 Å². The molecule has 3 rings (SSSR count). The highest BCUT2D eigenvalue weighted by Crippen LogP contribution is 2.08. The van der Waals surface area contributed by atoms with Crippen LogP contribution in [-0.4, -0.2) is 35.3 Å². The molecule has 0 fully saturated rings. The normalized spacial score (nSPS) is 14.5. The lowest BCUT2D eigenvalue weighted by Crippen LogP contribution is -2.30. The second-order valence-electron chi connectivity index (χ2n) is 5.40. The Kier molecular flexibility index (Phi) is 4.65. The molecule has 5 nitrogen and oxygen atoms in total. The number of para-hydroxylation sites is 1. The third-order valence-corrected chi connectivity index (χ3v) is 3.69. The number of nitrogens with zero attached hydrogens (tertiary/aromatic N) is 2. The highest BCUT2D eigenvalue weighted by atomic mass is 16.1. The summed E-state index contributed by atoms with van der Waals surface area (Å²) < 4.78 is 1.79. The van der Waals surface area contributed by atoms with Crippen molar-refractivity contribution >= 4 is 5.91 Å². The Morgan fingerprint density at radius 1 is 1.32 bits per heavy atom. The Labute approximate surface area is 130 Å². The van der Waals surface area contributed by atoms with Gasteiger partial charge in [-0.3, -0.25) is 4.79 Å². The van der Waals surface area contributed by atoms with Gasteiger partial charge in [-0.15, -0.1) is 0 Å². The SMILES string of the molecule is O=C(Cc1cnn(-c2ccccc2)c1)NCC1=CCNCC1. The highest BCUT2D eigenvalue weighted by molar-refractivity contribution is 5.78. The van der Waals surface area contributed by atoms with Crippen LogP contribution >= 0.6 is 0 Å². The monoisotopic (exact) mass is 296 g/mol. The van der Waals surface area contributed by atoms with Crippen molar-refractivity contribution in [2.45, 2.75) is 12.8 Å². The molecule has 114 valence electrons. The number of hydrogen-bond donors (Lipinski definition) is 2. The maximum atomic E-state index is 12.0. The predicted molar refractivity (Wildman–Crippen MR) is 85.8 cm³/mol. The molecule has 2 N–H and O–H groups in total. The largest absolute Gasteiger partial charge is 0.352 e. The third kappa shape index (κ3) is 3.83. The molecular formula is C17H20N4O. The molecule has 0 radical (unpaired) electrons. The lowest BCUT2D eigenvalue weighted by atomic mass is 10.1. The second kappa shape index (κ2) is 7.04. The average Bonchev–Trinajstić information content (AvgIpc) is 3.03. The summed E-state index contributed by atoms with van der Waals surface area (Å²) in [7, 11) is 0. The van der Waals surface area contributed by atoms with Crippen LogP contribution in [0.1, 0.15) is 12.0 Å². The molecule has 1 aromatic heterocycles. The van der Waals surface area contributed by atoms with Gasteiger partial charge in [0.2, 0.25) is 5.91 Å². The smallest absolute Gasteiger partial charge is 0.224 e. The van der Waals surface area contributed by atoms with Crippen LogP contribution in [0.2, 0.25) is 0 Å². The molecule has 0 bridgehead atoms. The topological polar surface area (TPSA) is 59.0 Å². The van der Waals surface area contributed by atoms with Crippen LogP contribution in [0.4, 0.5) is 0 Å². The molecule has 1 amide bonds. The van der Waals surface area contributed by atoms with E-state index in [1.807, 2.05) is 36.5 Å². The highest BCUT2D eigenvalue weighted by Gasteiger charge is 2.08. The number of hydrogen-bond acceptors (Lipinski definition) is 3. The minimum Gasteiger partial charge on any atom is -0.352 e. The van der Waals surface area contributed by atoms with Crippen molar-refractivity contribution < 1.29 is 4.79 Å². The van der Waals surface area contributed by atoms with Crippen LogP contribution in [0.5, 0.6) is 0 Å². The number of carbonyl (C=O) groups excluding carboxylic acids is 1. The van der Waals surface area contributed by atoms with Gasteiger partial charge in [0.1, 0.15) is 0 Å². The van der Waals surface area contributed by atoms with Crippen molar-refractivity contribution in [1.29, 1.82) is 0 Å². The quantitative estimate of drug-likeness (QED) is 0.821. The summed E-state index contributed by atoms with van der Waals surface area (Å²) in [5, 5.41) is 10.5. The Hall–Kier alpha value is -2.40. The van der Waals surface area contributed by atoms with Gasteiger partial charge in [-0.1, -0.05) is 29.8 Å². The molecule has 1 aliphatic heterocycles. The van der Waals surface area contributed by atoms with Crippen LogP contribution < -0.4 is 10.6 Å². The first-order valence-electron chi connectivity index (χ1n) is 7.55. The summed E-state index contributed by atoms with van der Waals surface area (Å²) in [6.07, 6.45) is 7.16. The zero-order chi connectivity index (χ0) is 15.2. The fraction of sp³-hybridized carbons (Fsp3) is 0.294. The van der Waals surface area contributed by atoms with Gasteiger partial charge in [0.25, 0.3) is 0 Å². The number of amides is 1. The molecule has 1 aliphatic rings. The Morgan fingerprint density at radius 3 is 2.95 bits per heavy atom. The van der Waals surface area contributed by atoms with Gasteiger partial charge in [0, 0.05) is 19.3 Å². The second-order valence-corrected chi connectivity index (χ2v) is 5.40. The summed E-state index contributed by atoms with van der Waals surface area (Å²) in [6, 6.07) is 9.88. The fourth-order valence-corrected chi connectivity index (χ4v) is 2.46. The summed E-state index contributed by atoms with van der Waals surface area (Å²) >= 11 is 0. The van der Waals surface area contributed by atoms with Crippen molar-refractivity contribution in [3.8, 4) is 5.69 Å². The third-order valence-electron chi connectivity index (χ3n) is 3.69. The van der Waals surface area contributed by atoms with Crippen LogP contribution in [0, 0.1) is 0 Å². The van der Waals surface area contributed by atoms with E-state index in [4.69, 9.17) is 0 Å². The van der Waals surface area contributed by atoms with E-state index in [0.29, 0.717) is 13.0 Å². The van der Waals surface area contributed by atoms with Crippen molar-refractivity contribution in [2.75, 3.05) is 19.6 Å². The first kappa shape index (κ1) is 14.5. The molecule has 22 heavy (non-hydrogen) atoms. The Balaban J connectivity index is 1.53. The lowest BCUT2D eigenvalue weighted by Gasteiger charge is -2.14. The van der Waals surface area contributed by atoms with E-state index in [2.05, 4.69) is 21.8 Å². The van der Waals surface area contributed by atoms with Crippen molar-refractivity contribution in [3.63, 3.8) is 0 Å². The number of rotatable bonds is 5. The van der Waals surface area contributed by atoms with Gasteiger partial charge in [-0.05, 0) is 30.7 Å². The number of carbonyl (C=O) groups is 1. The molecule has 2 aromatic rings. The molecule has 0 saturated heterocycles. The van der Waals surface area contributed by atoms with Gasteiger partial charge in [0.05, 0.1) is 18.3 Å². The van der Waals surface area contributed by atoms with Crippen molar-refractivity contribution in [3.05, 3.63) is 59.9 Å². The van der Waals surface area contributed by atoms with E-state index in [0.717, 1.165) is 30.8 Å². The van der Waals surface area contributed by atoms with Gasteiger partial charge < -0.3 is 10.6 Å². The van der Waals surface area contributed by atoms with Crippen LogP contribution in [0.3, 0.4) is 0 Å². The Morgan fingerprint density at radius 2 is 2.18 bits per heavy atom. The molecule has 0 aliphatic carbocycles. The minimum atomic E-state index is 0.0343. The number of aromatic nitrogens is 2. The van der Waals surface area contributed by atoms with E-state index < -0.39 is 0 Å². The predicted octanol–water partition coefficient (Wildman–Crippen LogP) is 1.45. The lowest BCUT2D eigenvalue weighted by molar-refractivity contribution is -0.120. The zero-order valence-electron chi connectivity index (χ0n) is 12.5. The van der Waals surface area contributed by atoms with Gasteiger partial charge in [-0.25, -0.2) is 4.68 Å². The number of benzene rings is 1. The van der Waals surface area contributed by atoms with Crippen LogP contribution in [0.25, 0.3) is 5.69 Å². The van der Waals surface area contributed by atoms with Crippen molar-refractivity contribution in [2.24, 2.45) is 0 Å². The molecule has 0 atom stereocenters. The molecular weight excluding hydrogens is 276 g/mol. The molecule has 0 spiro atoms.